The molecule has 0 spiro atoms. The van der Waals surface area contributed by atoms with E-state index in [2.05, 4.69) is 5.32 Å². The number of methoxy groups -OCH3 is 1. The number of halogens is 3. The Balaban J connectivity index is 2.74. The van der Waals surface area contributed by atoms with Gasteiger partial charge in [0.1, 0.15) is 0 Å². The smallest absolute Gasteiger partial charge is 0.160 e. The van der Waals surface area contributed by atoms with Crippen LogP contribution in [0.15, 0.2) is 12.1 Å². The first kappa shape index (κ1) is 15.5. The van der Waals surface area contributed by atoms with Gasteiger partial charge in [0.05, 0.1) is 15.6 Å². The first-order valence-electron chi connectivity index (χ1n) is 5.71. The van der Waals surface area contributed by atoms with Gasteiger partial charge in [-0.1, -0.05) is 23.2 Å². The van der Waals surface area contributed by atoms with Crippen molar-refractivity contribution in [2.45, 2.75) is 38.8 Å². The molecule has 18 heavy (non-hydrogen) atoms. The molecule has 0 radical (unpaired) electrons. The third-order valence-corrected chi connectivity index (χ3v) is 3.30. The molecule has 2 nitrogen and oxygen atoms in total. The maximum atomic E-state index is 13.3. The highest BCUT2D eigenvalue weighted by molar-refractivity contribution is 6.35. The van der Waals surface area contributed by atoms with Crippen LogP contribution < -0.4 is 5.32 Å². The summed E-state index contributed by atoms with van der Waals surface area (Å²) in [5, 5.41) is 3.26. The Hall–Kier alpha value is -0.510. The largest absolute Gasteiger partial charge is 0.382 e. The number of benzene rings is 1. The van der Waals surface area contributed by atoms with Crippen molar-refractivity contribution in [1.82, 2.24) is 0 Å². The van der Waals surface area contributed by atoms with Crippen LogP contribution in [0.25, 0.3) is 0 Å². The van der Waals surface area contributed by atoms with Gasteiger partial charge < -0.3 is 10.1 Å². The van der Waals surface area contributed by atoms with Crippen LogP contribution >= 0.6 is 23.2 Å². The first-order chi connectivity index (χ1) is 8.25. The molecule has 1 aromatic rings. The number of rotatable bonds is 5. The minimum absolute atomic E-state index is 0.0169. The molecular formula is C13H18Cl2FNO. The zero-order chi connectivity index (χ0) is 13.9. The molecule has 1 rings (SSSR count). The fourth-order valence-electron chi connectivity index (χ4n) is 1.80. The van der Waals surface area contributed by atoms with Crippen LogP contribution in [-0.2, 0) is 4.74 Å². The lowest BCUT2D eigenvalue weighted by atomic mass is 10.00. The van der Waals surface area contributed by atoms with E-state index < -0.39 is 5.82 Å². The molecule has 0 aliphatic carbocycles. The van der Waals surface area contributed by atoms with Crippen molar-refractivity contribution < 1.29 is 9.13 Å². The van der Waals surface area contributed by atoms with E-state index in [1.165, 1.54) is 12.1 Å². The predicted octanol–water partition coefficient (Wildman–Crippen LogP) is 4.75. The summed E-state index contributed by atoms with van der Waals surface area (Å²) in [4.78, 5) is 0. The molecule has 0 fully saturated rings. The molecule has 1 N–H and O–H groups in total. The lowest BCUT2D eigenvalue weighted by Crippen LogP contribution is -2.31. The van der Waals surface area contributed by atoms with Gasteiger partial charge in [0.15, 0.2) is 5.82 Å². The molecule has 0 amide bonds. The molecule has 0 aliphatic heterocycles. The van der Waals surface area contributed by atoms with Crippen molar-refractivity contribution >= 4 is 28.9 Å². The van der Waals surface area contributed by atoms with E-state index in [-0.39, 0.29) is 21.7 Å². The van der Waals surface area contributed by atoms with E-state index in [1.54, 1.807) is 7.11 Å². The second kappa shape index (κ2) is 6.09. The van der Waals surface area contributed by atoms with Crippen LogP contribution in [0.1, 0.15) is 27.2 Å². The summed E-state index contributed by atoms with van der Waals surface area (Å²) < 4.78 is 18.6. The molecule has 0 heterocycles. The van der Waals surface area contributed by atoms with Crippen LogP contribution in [0.2, 0.25) is 10.0 Å². The number of hydrogen-bond donors (Lipinski definition) is 1. The lowest BCUT2D eigenvalue weighted by Gasteiger charge is -2.27. The summed E-state index contributed by atoms with van der Waals surface area (Å²) in [5.41, 5.74) is 0.478. The molecule has 0 saturated carbocycles. The average Bonchev–Trinajstić information content (AvgIpc) is 2.25. The maximum Gasteiger partial charge on any atom is 0.160 e. The van der Waals surface area contributed by atoms with Gasteiger partial charge in [-0.2, -0.15) is 0 Å². The van der Waals surface area contributed by atoms with E-state index in [4.69, 9.17) is 27.9 Å². The minimum Gasteiger partial charge on any atom is -0.382 e. The highest BCUT2D eigenvalue weighted by Crippen LogP contribution is 2.28. The monoisotopic (exact) mass is 293 g/mol. The van der Waals surface area contributed by atoms with E-state index in [1.807, 2.05) is 20.8 Å². The van der Waals surface area contributed by atoms with Crippen molar-refractivity contribution in [1.29, 1.82) is 0 Å². The number of anilines is 1. The van der Waals surface area contributed by atoms with Crippen LogP contribution in [0.4, 0.5) is 10.1 Å². The molecule has 0 bridgehead atoms. The van der Waals surface area contributed by atoms with Gasteiger partial charge in [0, 0.05) is 18.8 Å². The molecule has 5 heteroatoms. The normalized spacial score (nSPS) is 13.5. The molecule has 0 saturated heterocycles. The molecule has 1 unspecified atom stereocenters. The van der Waals surface area contributed by atoms with Crippen LogP contribution in [0, 0.1) is 5.82 Å². The van der Waals surface area contributed by atoms with E-state index in [9.17, 15) is 4.39 Å². The van der Waals surface area contributed by atoms with Gasteiger partial charge in [0.2, 0.25) is 0 Å². The quantitative estimate of drug-likeness (QED) is 0.791. The highest BCUT2D eigenvalue weighted by atomic mass is 35.5. The van der Waals surface area contributed by atoms with Gasteiger partial charge >= 0.3 is 0 Å². The Bertz CT molecular complexity index is 400. The summed E-state index contributed by atoms with van der Waals surface area (Å²) in [6.07, 6.45) is 0.802. The number of nitrogens with one attached hydrogen (secondary N) is 1. The summed E-state index contributed by atoms with van der Waals surface area (Å²) in [6, 6.07) is 3.20. The van der Waals surface area contributed by atoms with Crippen molar-refractivity contribution in [2.24, 2.45) is 0 Å². The average molecular weight is 294 g/mol. The Labute approximate surface area is 117 Å². The van der Waals surface area contributed by atoms with Gasteiger partial charge in [-0.25, -0.2) is 4.39 Å². The SMILES string of the molecule is COC(C)(C)CC(C)Nc1cc(Cl)c(F)c(Cl)c1. The second-order valence-electron chi connectivity index (χ2n) is 4.97. The summed E-state index contributed by atoms with van der Waals surface area (Å²) in [7, 11) is 1.68. The van der Waals surface area contributed by atoms with Gasteiger partial charge in [-0.15, -0.1) is 0 Å². The molecule has 102 valence electrons. The van der Waals surface area contributed by atoms with Crippen LogP contribution in [0.3, 0.4) is 0 Å². The fraction of sp³-hybridized carbons (Fsp3) is 0.538. The molecular weight excluding hydrogens is 276 g/mol. The van der Waals surface area contributed by atoms with Crippen LogP contribution in [-0.4, -0.2) is 18.8 Å². The Morgan fingerprint density at radius 1 is 1.33 bits per heavy atom. The van der Waals surface area contributed by atoms with Crippen molar-refractivity contribution in [3.8, 4) is 0 Å². The minimum atomic E-state index is -0.589. The standard InChI is InChI=1S/C13H18Cl2FNO/c1-8(7-13(2,3)18-4)17-9-5-10(14)12(16)11(15)6-9/h5-6,8,17H,7H2,1-4H3. The number of ether oxygens (including phenoxy) is 1. The van der Waals surface area contributed by atoms with Crippen molar-refractivity contribution in [3.05, 3.63) is 28.0 Å². The molecule has 0 aromatic heterocycles. The van der Waals surface area contributed by atoms with Gasteiger partial charge in [-0.3, -0.25) is 0 Å². The van der Waals surface area contributed by atoms with E-state index in [0.29, 0.717) is 5.69 Å². The van der Waals surface area contributed by atoms with Gasteiger partial charge in [0.25, 0.3) is 0 Å². The fourth-order valence-corrected chi connectivity index (χ4v) is 2.28. The van der Waals surface area contributed by atoms with Gasteiger partial charge in [-0.05, 0) is 39.3 Å². The third kappa shape index (κ3) is 4.30. The topological polar surface area (TPSA) is 21.3 Å². The zero-order valence-electron chi connectivity index (χ0n) is 11.0. The van der Waals surface area contributed by atoms with E-state index >= 15 is 0 Å². The Kier molecular flexibility index (Phi) is 5.26. The third-order valence-electron chi connectivity index (χ3n) is 2.75. The van der Waals surface area contributed by atoms with E-state index in [0.717, 1.165) is 6.42 Å². The highest BCUT2D eigenvalue weighted by Gasteiger charge is 2.20. The summed E-state index contributed by atoms with van der Waals surface area (Å²) in [5.74, 6) is -0.589. The molecule has 0 aliphatic rings. The Morgan fingerprint density at radius 3 is 2.28 bits per heavy atom. The number of hydrogen-bond acceptors (Lipinski definition) is 2. The Morgan fingerprint density at radius 2 is 1.83 bits per heavy atom. The van der Waals surface area contributed by atoms with Crippen LogP contribution in [0.5, 0.6) is 0 Å². The molecule has 1 aromatic carbocycles. The zero-order valence-corrected chi connectivity index (χ0v) is 12.5. The maximum absolute atomic E-state index is 13.3. The summed E-state index contributed by atoms with van der Waals surface area (Å²) in [6.45, 7) is 6.04. The summed E-state index contributed by atoms with van der Waals surface area (Å²) >= 11 is 11.5. The van der Waals surface area contributed by atoms with Crippen molar-refractivity contribution in [2.75, 3.05) is 12.4 Å². The van der Waals surface area contributed by atoms with Crippen molar-refractivity contribution in [3.63, 3.8) is 0 Å². The lowest BCUT2D eigenvalue weighted by molar-refractivity contribution is 0.0128. The first-order valence-corrected chi connectivity index (χ1v) is 6.47. The second-order valence-corrected chi connectivity index (χ2v) is 5.78. The predicted molar refractivity (Wildman–Crippen MR) is 75.2 cm³/mol. The molecule has 1 atom stereocenters.